The zero-order chi connectivity index (χ0) is 17.8. The number of hydrogen-bond donors (Lipinski definition) is 2. The van der Waals surface area contributed by atoms with Crippen molar-refractivity contribution in [2.24, 2.45) is 0 Å². The minimum atomic E-state index is -3.48. The summed E-state index contributed by atoms with van der Waals surface area (Å²) in [6.07, 6.45) is 1.80. The quantitative estimate of drug-likeness (QED) is 0.710. The van der Waals surface area contributed by atoms with Crippen molar-refractivity contribution >= 4 is 39.9 Å². The van der Waals surface area contributed by atoms with Crippen LogP contribution in [0, 0.1) is 0 Å². The predicted octanol–water partition coefficient (Wildman–Crippen LogP) is 2.56. The normalized spacial score (nSPS) is 18.0. The maximum atomic E-state index is 12.8. The number of carbonyl (C=O) groups excluding carboxylic acids is 1. The molecule has 0 aliphatic carbocycles. The number of nitrogens with one attached hydrogen (secondary N) is 2. The Morgan fingerprint density at radius 2 is 1.84 bits per heavy atom. The number of piperidine rings is 1. The first-order valence-electron chi connectivity index (χ1n) is 8.24. The maximum Gasteiger partial charge on any atom is 0.242 e. The van der Waals surface area contributed by atoms with E-state index in [0.29, 0.717) is 25.9 Å². The number of sulfone groups is 1. The van der Waals surface area contributed by atoms with Crippen LogP contribution >= 0.6 is 24.2 Å². The van der Waals surface area contributed by atoms with Crippen molar-refractivity contribution in [2.75, 3.05) is 25.1 Å². The fraction of sp³-hybridized carbons (Fsp3) is 0.588. The van der Waals surface area contributed by atoms with E-state index in [4.69, 9.17) is 0 Å². The van der Waals surface area contributed by atoms with Crippen molar-refractivity contribution < 1.29 is 13.2 Å². The molecule has 0 radical (unpaired) electrons. The van der Waals surface area contributed by atoms with Crippen LogP contribution in [0.2, 0.25) is 0 Å². The maximum absolute atomic E-state index is 12.8. The summed E-state index contributed by atoms with van der Waals surface area (Å²) in [5.74, 6) is 0.627. The van der Waals surface area contributed by atoms with Crippen LogP contribution in [-0.2, 0) is 14.6 Å². The number of rotatable bonds is 6. The highest BCUT2D eigenvalue weighted by molar-refractivity contribution is 7.99. The minimum absolute atomic E-state index is 0. The summed E-state index contributed by atoms with van der Waals surface area (Å²) in [7, 11) is -3.48. The topological polar surface area (TPSA) is 75.3 Å². The monoisotopic (exact) mass is 406 g/mol. The van der Waals surface area contributed by atoms with Gasteiger partial charge in [-0.1, -0.05) is 19.1 Å². The molecular weight excluding hydrogens is 380 g/mol. The van der Waals surface area contributed by atoms with Crippen molar-refractivity contribution in [3.63, 3.8) is 0 Å². The molecule has 1 atom stereocenters. The highest BCUT2D eigenvalue weighted by atomic mass is 35.5. The van der Waals surface area contributed by atoms with Crippen LogP contribution in [0.15, 0.2) is 29.2 Å². The van der Waals surface area contributed by atoms with E-state index in [2.05, 4.69) is 17.6 Å². The number of benzene rings is 1. The largest absolute Gasteiger partial charge is 0.348 e. The molecule has 5 nitrogen and oxygen atoms in total. The van der Waals surface area contributed by atoms with Gasteiger partial charge in [0.2, 0.25) is 5.91 Å². The summed E-state index contributed by atoms with van der Waals surface area (Å²) >= 11 is 1.76. The molecule has 0 spiro atoms. The zero-order valence-electron chi connectivity index (χ0n) is 14.9. The standard InChI is InChI=1S/C17H26N2O3S2.ClH/c1-4-23-15-7-5-14(6-8-15)13(2)19-16(20)17(24(3,21)22)9-11-18-12-10-17;/h5-8,13,18H,4,9-12H2,1-3H3,(H,19,20);1H. The van der Waals surface area contributed by atoms with Crippen LogP contribution in [0.25, 0.3) is 0 Å². The van der Waals surface area contributed by atoms with Gasteiger partial charge in [0, 0.05) is 11.2 Å². The molecular formula is C17H27ClN2O3S2. The summed E-state index contributed by atoms with van der Waals surface area (Å²) < 4.78 is 23.3. The Bertz CT molecular complexity index is 672. The third-order valence-corrected chi connectivity index (χ3v) is 7.48. The third-order valence-electron chi connectivity index (χ3n) is 4.57. The van der Waals surface area contributed by atoms with Crippen molar-refractivity contribution in [2.45, 2.75) is 42.4 Å². The molecule has 2 rings (SSSR count). The number of thioether (sulfide) groups is 1. The molecule has 1 aliphatic heterocycles. The smallest absolute Gasteiger partial charge is 0.242 e. The fourth-order valence-corrected chi connectivity index (χ4v) is 5.03. The molecule has 0 bridgehead atoms. The molecule has 8 heteroatoms. The van der Waals surface area contributed by atoms with E-state index < -0.39 is 14.6 Å². The molecule has 1 aromatic rings. The third kappa shape index (κ3) is 5.12. The second-order valence-corrected chi connectivity index (χ2v) is 9.88. The van der Waals surface area contributed by atoms with Gasteiger partial charge in [0.25, 0.3) is 0 Å². The van der Waals surface area contributed by atoms with E-state index in [9.17, 15) is 13.2 Å². The average molecular weight is 407 g/mol. The van der Waals surface area contributed by atoms with Crippen molar-refractivity contribution in [3.8, 4) is 0 Å². The molecule has 25 heavy (non-hydrogen) atoms. The van der Waals surface area contributed by atoms with Crippen LogP contribution in [0.1, 0.15) is 38.3 Å². The summed E-state index contributed by atoms with van der Waals surface area (Å²) in [5.41, 5.74) is 0.974. The van der Waals surface area contributed by atoms with Crippen LogP contribution in [-0.4, -0.2) is 44.2 Å². The average Bonchev–Trinajstić information content (AvgIpc) is 2.55. The van der Waals surface area contributed by atoms with Crippen LogP contribution in [0.3, 0.4) is 0 Å². The summed E-state index contributed by atoms with van der Waals surface area (Å²) in [6, 6.07) is 7.80. The highest BCUT2D eigenvalue weighted by Gasteiger charge is 2.48. The van der Waals surface area contributed by atoms with Crippen molar-refractivity contribution in [1.29, 1.82) is 0 Å². The molecule has 0 aromatic heterocycles. The van der Waals surface area contributed by atoms with Gasteiger partial charge in [0.1, 0.15) is 0 Å². The van der Waals surface area contributed by atoms with Gasteiger partial charge < -0.3 is 10.6 Å². The number of amides is 1. The molecule has 1 heterocycles. The van der Waals surface area contributed by atoms with Gasteiger partial charge in [0.15, 0.2) is 14.6 Å². The lowest BCUT2D eigenvalue weighted by atomic mass is 9.95. The number of carbonyl (C=O) groups is 1. The van der Waals surface area contributed by atoms with E-state index >= 15 is 0 Å². The molecule has 1 aliphatic rings. The highest BCUT2D eigenvalue weighted by Crippen LogP contribution is 2.29. The van der Waals surface area contributed by atoms with Gasteiger partial charge in [-0.2, -0.15) is 0 Å². The molecule has 1 amide bonds. The second-order valence-electron chi connectivity index (χ2n) is 6.21. The lowest BCUT2D eigenvalue weighted by Gasteiger charge is -2.35. The molecule has 2 N–H and O–H groups in total. The number of hydrogen-bond acceptors (Lipinski definition) is 5. The van der Waals surface area contributed by atoms with Gasteiger partial charge in [-0.3, -0.25) is 4.79 Å². The molecule has 1 aromatic carbocycles. The van der Waals surface area contributed by atoms with E-state index in [0.717, 1.165) is 11.3 Å². The lowest BCUT2D eigenvalue weighted by molar-refractivity contribution is -0.125. The van der Waals surface area contributed by atoms with Crippen LogP contribution in [0.5, 0.6) is 0 Å². The molecule has 0 saturated carbocycles. The summed E-state index contributed by atoms with van der Waals surface area (Å²) in [4.78, 5) is 14.0. The summed E-state index contributed by atoms with van der Waals surface area (Å²) in [6.45, 7) is 5.07. The van der Waals surface area contributed by atoms with Crippen LogP contribution < -0.4 is 10.6 Å². The molecule has 142 valence electrons. The van der Waals surface area contributed by atoms with Crippen LogP contribution in [0.4, 0.5) is 0 Å². The van der Waals surface area contributed by atoms with E-state index in [1.165, 1.54) is 11.2 Å². The molecule has 1 unspecified atom stereocenters. The molecule has 1 saturated heterocycles. The van der Waals surface area contributed by atoms with Gasteiger partial charge in [-0.15, -0.1) is 24.2 Å². The molecule has 1 fully saturated rings. The van der Waals surface area contributed by atoms with E-state index in [-0.39, 0.29) is 24.4 Å². The lowest BCUT2D eigenvalue weighted by Crippen LogP contribution is -2.57. The Morgan fingerprint density at radius 1 is 1.28 bits per heavy atom. The Balaban J connectivity index is 0.00000312. The van der Waals surface area contributed by atoms with Gasteiger partial charge in [-0.05, 0) is 56.3 Å². The van der Waals surface area contributed by atoms with Crippen molar-refractivity contribution in [3.05, 3.63) is 29.8 Å². The van der Waals surface area contributed by atoms with Gasteiger partial charge >= 0.3 is 0 Å². The Labute approximate surface area is 161 Å². The van der Waals surface area contributed by atoms with Crippen molar-refractivity contribution in [1.82, 2.24) is 10.6 Å². The van der Waals surface area contributed by atoms with Gasteiger partial charge in [0.05, 0.1) is 6.04 Å². The van der Waals surface area contributed by atoms with E-state index in [1.807, 2.05) is 31.2 Å². The SMILES string of the molecule is CCSc1ccc(C(C)NC(=O)C2(S(C)(=O)=O)CCNCC2)cc1.Cl. The Morgan fingerprint density at radius 3 is 2.32 bits per heavy atom. The fourth-order valence-electron chi connectivity index (χ4n) is 3.03. The minimum Gasteiger partial charge on any atom is -0.348 e. The Hall–Kier alpha value is -0.760. The van der Waals surface area contributed by atoms with E-state index in [1.54, 1.807) is 11.8 Å². The predicted molar refractivity (Wildman–Crippen MR) is 106 cm³/mol. The Kier molecular flexibility index (Phi) is 8.25. The number of halogens is 1. The first kappa shape index (κ1) is 22.3. The first-order valence-corrected chi connectivity index (χ1v) is 11.1. The second kappa shape index (κ2) is 9.26. The summed E-state index contributed by atoms with van der Waals surface area (Å²) in [5, 5.41) is 6.03. The first-order chi connectivity index (χ1) is 11.3. The zero-order valence-corrected chi connectivity index (χ0v) is 17.3. The van der Waals surface area contributed by atoms with Gasteiger partial charge in [-0.25, -0.2) is 8.42 Å².